The third kappa shape index (κ3) is 2.45. The summed E-state index contributed by atoms with van der Waals surface area (Å²) in [5, 5.41) is 3.68. The lowest BCUT2D eigenvalue weighted by molar-refractivity contribution is 0.505. The van der Waals surface area contributed by atoms with Gasteiger partial charge in [0.05, 0.1) is 5.56 Å². The van der Waals surface area contributed by atoms with E-state index >= 15 is 0 Å². The summed E-state index contributed by atoms with van der Waals surface area (Å²) in [4.78, 5) is 15.5. The van der Waals surface area contributed by atoms with Crippen LogP contribution in [-0.2, 0) is 0 Å². The van der Waals surface area contributed by atoms with Crippen molar-refractivity contribution >= 4 is 11.6 Å². The third-order valence-electron chi connectivity index (χ3n) is 2.74. The molecular weight excluding hydrogens is 302 g/mol. The van der Waals surface area contributed by atoms with Crippen molar-refractivity contribution < 1.29 is 8.78 Å². The Hall–Kier alpha value is -2.48. The van der Waals surface area contributed by atoms with E-state index in [4.69, 9.17) is 11.6 Å². The highest BCUT2D eigenvalue weighted by Crippen LogP contribution is 2.24. The predicted octanol–water partition coefficient (Wildman–Crippen LogP) is 2.36. The quantitative estimate of drug-likeness (QED) is 0.727. The van der Waals surface area contributed by atoms with Crippen LogP contribution in [0.3, 0.4) is 0 Å². The van der Waals surface area contributed by atoms with E-state index in [1.807, 2.05) is 0 Å². The van der Waals surface area contributed by atoms with Gasteiger partial charge in [-0.3, -0.25) is 0 Å². The lowest BCUT2D eigenvalue weighted by Gasteiger charge is -2.06. The molecule has 0 unspecified atom stereocenters. The second-order valence-electron chi connectivity index (χ2n) is 4.13. The van der Waals surface area contributed by atoms with Crippen LogP contribution in [0.5, 0.6) is 0 Å². The number of hydrogen-bond acceptors (Lipinski definition) is 5. The first-order valence-electron chi connectivity index (χ1n) is 5.78. The molecule has 0 radical (unpaired) electrons. The maximum Gasteiger partial charge on any atom is 0.256 e. The topological polar surface area (TPSA) is 69.4 Å². The molecule has 0 aliphatic carbocycles. The molecular formula is C12H7ClF2N6. The number of nitrogens with zero attached hydrogens (tertiary/aromatic N) is 6. The molecule has 0 atom stereocenters. The molecule has 0 saturated heterocycles. The van der Waals surface area contributed by atoms with Crippen molar-refractivity contribution in [3.05, 3.63) is 47.3 Å². The van der Waals surface area contributed by atoms with E-state index in [1.165, 1.54) is 36.4 Å². The molecule has 1 aromatic carbocycles. The first-order chi connectivity index (χ1) is 10.1. The molecule has 21 heavy (non-hydrogen) atoms. The summed E-state index contributed by atoms with van der Waals surface area (Å²) in [7, 11) is 0. The van der Waals surface area contributed by atoms with Gasteiger partial charge in [-0.15, -0.1) is 0 Å². The fourth-order valence-corrected chi connectivity index (χ4v) is 1.85. The fraction of sp³-hybridized carbons (Fsp3) is 0.0833. The average molecular weight is 309 g/mol. The Morgan fingerprint density at radius 3 is 2.62 bits per heavy atom. The fourth-order valence-electron chi connectivity index (χ4n) is 1.69. The van der Waals surface area contributed by atoms with Crippen LogP contribution >= 0.6 is 11.6 Å². The van der Waals surface area contributed by atoms with Gasteiger partial charge in [-0.25, -0.2) is 13.8 Å². The molecule has 3 aromatic rings. The van der Waals surface area contributed by atoms with Gasteiger partial charge in [-0.2, -0.15) is 24.7 Å². The van der Waals surface area contributed by atoms with E-state index in [2.05, 4.69) is 25.0 Å². The van der Waals surface area contributed by atoms with Gasteiger partial charge >= 0.3 is 0 Å². The van der Waals surface area contributed by atoms with Gasteiger partial charge in [0, 0.05) is 0 Å². The van der Waals surface area contributed by atoms with Crippen LogP contribution in [0.2, 0.25) is 5.28 Å². The summed E-state index contributed by atoms with van der Waals surface area (Å²) in [6.07, 6.45) is 2.63. The van der Waals surface area contributed by atoms with Crippen molar-refractivity contribution in [2.75, 3.05) is 0 Å². The highest BCUT2D eigenvalue weighted by Gasteiger charge is 2.17. The van der Waals surface area contributed by atoms with Crippen LogP contribution in [0.4, 0.5) is 8.78 Å². The standard InChI is InChI=1S/C12H7ClF2N6/c1-6-2-3-7(9(15)8(6)14)10-18-11(13)20-12(19-10)21-5-16-4-17-21/h2-5H,1H3. The largest absolute Gasteiger partial charge is 0.256 e. The number of benzene rings is 1. The molecule has 3 rings (SSSR count). The summed E-state index contributed by atoms with van der Waals surface area (Å²) in [5.74, 6) is -2.02. The minimum Gasteiger partial charge on any atom is -0.223 e. The van der Waals surface area contributed by atoms with Crippen LogP contribution < -0.4 is 0 Å². The Kier molecular flexibility index (Phi) is 3.30. The molecule has 0 fully saturated rings. The van der Waals surface area contributed by atoms with Gasteiger partial charge in [0.25, 0.3) is 5.95 Å². The summed E-state index contributed by atoms with van der Waals surface area (Å²) < 4.78 is 28.9. The van der Waals surface area contributed by atoms with E-state index in [9.17, 15) is 8.78 Å². The predicted molar refractivity (Wildman–Crippen MR) is 69.8 cm³/mol. The van der Waals surface area contributed by atoms with Crippen molar-refractivity contribution in [1.82, 2.24) is 29.7 Å². The van der Waals surface area contributed by atoms with E-state index in [1.54, 1.807) is 0 Å². The minimum atomic E-state index is -1.04. The van der Waals surface area contributed by atoms with Gasteiger partial charge in [0.2, 0.25) is 5.28 Å². The molecule has 106 valence electrons. The van der Waals surface area contributed by atoms with Crippen molar-refractivity contribution in [2.24, 2.45) is 0 Å². The molecule has 0 bridgehead atoms. The lowest BCUT2D eigenvalue weighted by atomic mass is 10.1. The van der Waals surface area contributed by atoms with Crippen molar-refractivity contribution in [3.8, 4) is 17.3 Å². The van der Waals surface area contributed by atoms with Gasteiger partial charge < -0.3 is 0 Å². The summed E-state index contributed by atoms with van der Waals surface area (Å²) >= 11 is 5.80. The average Bonchev–Trinajstić information content (AvgIpc) is 2.98. The number of halogens is 3. The Bertz CT molecular complexity index is 806. The van der Waals surface area contributed by atoms with Crippen LogP contribution in [0.25, 0.3) is 17.3 Å². The molecule has 0 spiro atoms. The minimum absolute atomic E-state index is 0.0582. The van der Waals surface area contributed by atoms with Gasteiger partial charge in [0.15, 0.2) is 17.5 Å². The molecule has 6 nitrogen and oxygen atoms in total. The van der Waals surface area contributed by atoms with E-state index in [0.717, 1.165) is 0 Å². The zero-order valence-electron chi connectivity index (χ0n) is 10.6. The molecule has 0 amide bonds. The van der Waals surface area contributed by atoms with Gasteiger partial charge in [-0.05, 0) is 30.2 Å². The SMILES string of the molecule is Cc1ccc(-c2nc(Cl)nc(-n3cncn3)n2)c(F)c1F. The lowest BCUT2D eigenvalue weighted by Crippen LogP contribution is -2.06. The van der Waals surface area contributed by atoms with Crippen molar-refractivity contribution in [1.29, 1.82) is 0 Å². The normalized spacial score (nSPS) is 10.9. The molecule has 0 saturated carbocycles. The Morgan fingerprint density at radius 2 is 1.90 bits per heavy atom. The van der Waals surface area contributed by atoms with Crippen molar-refractivity contribution in [3.63, 3.8) is 0 Å². The molecule has 0 aliphatic heterocycles. The summed E-state index contributed by atoms with van der Waals surface area (Å²) in [6.45, 7) is 1.46. The first-order valence-corrected chi connectivity index (χ1v) is 6.15. The maximum atomic E-state index is 14.0. The zero-order chi connectivity index (χ0) is 15.0. The number of aromatic nitrogens is 6. The van der Waals surface area contributed by atoms with Crippen LogP contribution in [0.15, 0.2) is 24.8 Å². The third-order valence-corrected chi connectivity index (χ3v) is 2.91. The Labute approximate surface area is 122 Å². The molecule has 0 aliphatic rings. The smallest absolute Gasteiger partial charge is 0.223 e. The van der Waals surface area contributed by atoms with Crippen molar-refractivity contribution in [2.45, 2.75) is 6.92 Å². The van der Waals surface area contributed by atoms with E-state index in [-0.39, 0.29) is 28.2 Å². The second-order valence-corrected chi connectivity index (χ2v) is 4.46. The molecule has 2 heterocycles. The Morgan fingerprint density at radius 1 is 1.10 bits per heavy atom. The number of hydrogen-bond donors (Lipinski definition) is 0. The van der Waals surface area contributed by atoms with Crippen LogP contribution in [0.1, 0.15) is 5.56 Å². The zero-order valence-corrected chi connectivity index (χ0v) is 11.4. The highest BCUT2D eigenvalue weighted by molar-refractivity contribution is 6.28. The summed E-state index contributed by atoms with van der Waals surface area (Å²) in [5.41, 5.74) is 0.0802. The first kappa shape index (κ1) is 13.5. The number of aryl methyl sites for hydroxylation is 1. The highest BCUT2D eigenvalue weighted by atomic mass is 35.5. The Balaban J connectivity index is 2.18. The van der Waals surface area contributed by atoms with Gasteiger partial charge in [-0.1, -0.05) is 6.07 Å². The molecule has 0 N–H and O–H groups in total. The monoisotopic (exact) mass is 308 g/mol. The van der Waals surface area contributed by atoms with E-state index in [0.29, 0.717) is 0 Å². The van der Waals surface area contributed by atoms with Gasteiger partial charge in [0.1, 0.15) is 12.7 Å². The second kappa shape index (κ2) is 5.13. The molecule has 9 heteroatoms. The van der Waals surface area contributed by atoms with E-state index < -0.39 is 11.6 Å². The molecule has 2 aromatic heterocycles. The summed E-state index contributed by atoms with van der Waals surface area (Å²) in [6, 6.07) is 2.81. The maximum absolute atomic E-state index is 14.0. The van der Waals surface area contributed by atoms with Crippen LogP contribution in [-0.4, -0.2) is 29.7 Å². The van der Waals surface area contributed by atoms with Crippen LogP contribution in [0, 0.1) is 18.6 Å². The number of rotatable bonds is 2.